The first kappa shape index (κ1) is 18.7. The standard InChI is InChI=1S/C23H22N4O2/c1-2-21(16-6-8-18(9-7-16)22-26-27-23(24)29-22)17-10-12-20(13-11-17)28-15-19-5-3-4-14-25-19/h3-14,21H,2,15H2,1H3,(H2,24,27). The van der Waals surface area contributed by atoms with Gasteiger partial charge in [-0.25, -0.2) is 0 Å². The Kier molecular flexibility index (Phi) is 5.52. The Labute approximate surface area is 169 Å². The largest absolute Gasteiger partial charge is 0.487 e. The van der Waals surface area contributed by atoms with Crippen molar-refractivity contribution < 1.29 is 9.15 Å². The fourth-order valence-corrected chi connectivity index (χ4v) is 3.31. The summed E-state index contributed by atoms with van der Waals surface area (Å²) >= 11 is 0. The number of pyridine rings is 1. The van der Waals surface area contributed by atoms with Crippen LogP contribution >= 0.6 is 0 Å². The minimum Gasteiger partial charge on any atom is -0.487 e. The summed E-state index contributed by atoms with van der Waals surface area (Å²) in [5.41, 5.74) is 9.74. The van der Waals surface area contributed by atoms with E-state index in [9.17, 15) is 0 Å². The summed E-state index contributed by atoms with van der Waals surface area (Å²) < 4.78 is 11.1. The number of hydrogen-bond acceptors (Lipinski definition) is 6. The van der Waals surface area contributed by atoms with Gasteiger partial charge in [-0.2, -0.15) is 0 Å². The van der Waals surface area contributed by atoms with E-state index in [0.29, 0.717) is 18.4 Å². The lowest BCUT2D eigenvalue weighted by Crippen LogP contribution is -2.01. The molecule has 2 heterocycles. The molecule has 0 spiro atoms. The predicted octanol–water partition coefficient (Wildman–Crippen LogP) is 4.83. The van der Waals surface area contributed by atoms with Crippen LogP contribution in [0.25, 0.3) is 11.5 Å². The van der Waals surface area contributed by atoms with Gasteiger partial charge in [0.15, 0.2) is 0 Å². The molecule has 0 aliphatic heterocycles. The SMILES string of the molecule is CCC(c1ccc(OCc2ccccn2)cc1)c1ccc(-c2nnc(N)o2)cc1. The van der Waals surface area contributed by atoms with Gasteiger partial charge in [-0.15, -0.1) is 5.10 Å². The van der Waals surface area contributed by atoms with Gasteiger partial charge in [0.05, 0.1) is 5.69 Å². The predicted molar refractivity (Wildman–Crippen MR) is 111 cm³/mol. The molecule has 29 heavy (non-hydrogen) atoms. The van der Waals surface area contributed by atoms with E-state index >= 15 is 0 Å². The van der Waals surface area contributed by atoms with Crippen molar-refractivity contribution in [1.29, 1.82) is 0 Å². The molecule has 0 bridgehead atoms. The summed E-state index contributed by atoms with van der Waals surface area (Å²) in [5.74, 6) is 1.55. The Hall–Kier alpha value is -3.67. The van der Waals surface area contributed by atoms with Crippen molar-refractivity contribution in [2.75, 3.05) is 5.73 Å². The number of rotatable bonds is 7. The summed E-state index contributed by atoms with van der Waals surface area (Å²) in [6.45, 7) is 2.64. The third kappa shape index (κ3) is 4.43. The minimum absolute atomic E-state index is 0.0702. The van der Waals surface area contributed by atoms with E-state index in [-0.39, 0.29) is 6.01 Å². The Morgan fingerprint density at radius 1 is 0.931 bits per heavy atom. The molecule has 4 aromatic rings. The summed E-state index contributed by atoms with van der Waals surface area (Å²) in [4.78, 5) is 4.28. The lowest BCUT2D eigenvalue weighted by atomic mass is 9.88. The van der Waals surface area contributed by atoms with Crippen LogP contribution in [-0.2, 0) is 6.61 Å². The van der Waals surface area contributed by atoms with Gasteiger partial charge in [-0.1, -0.05) is 42.4 Å². The summed E-state index contributed by atoms with van der Waals surface area (Å²) in [6.07, 6.45) is 2.76. The summed E-state index contributed by atoms with van der Waals surface area (Å²) in [7, 11) is 0. The summed E-state index contributed by atoms with van der Waals surface area (Å²) in [6, 6.07) is 22.3. The molecule has 0 aliphatic carbocycles. The molecule has 0 saturated carbocycles. The third-order valence-corrected chi connectivity index (χ3v) is 4.80. The van der Waals surface area contributed by atoms with E-state index in [4.69, 9.17) is 14.9 Å². The number of anilines is 1. The normalized spacial score (nSPS) is 11.9. The van der Waals surface area contributed by atoms with Crippen molar-refractivity contribution in [3.63, 3.8) is 0 Å². The average molecular weight is 386 g/mol. The molecule has 2 aromatic carbocycles. The first-order valence-corrected chi connectivity index (χ1v) is 9.55. The van der Waals surface area contributed by atoms with Crippen LogP contribution in [0.15, 0.2) is 77.3 Å². The van der Waals surface area contributed by atoms with Gasteiger partial charge in [0, 0.05) is 17.7 Å². The van der Waals surface area contributed by atoms with Crippen molar-refractivity contribution in [2.24, 2.45) is 0 Å². The van der Waals surface area contributed by atoms with Crippen LogP contribution in [-0.4, -0.2) is 15.2 Å². The molecule has 0 amide bonds. The van der Waals surface area contributed by atoms with Crippen LogP contribution in [0, 0.1) is 0 Å². The van der Waals surface area contributed by atoms with Crippen molar-refractivity contribution in [2.45, 2.75) is 25.9 Å². The smallest absolute Gasteiger partial charge is 0.313 e. The monoisotopic (exact) mass is 386 g/mol. The Morgan fingerprint density at radius 2 is 1.66 bits per heavy atom. The number of benzene rings is 2. The Morgan fingerprint density at radius 3 is 2.24 bits per heavy atom. The zero-order valence-electron chi connectivity index (χ0n) is 16.2. The van der Waals surface area contributed by atoms with Crippen LogP contribution in [0.4, 0.5) is 6.01 Å². The van der Waals surface area contributed by atoms with Crippen LogP contribution in [0.3, 0.4) is 0 Å². The molecule has 1 atom stereocenters. The third-order valence-electron chi connectivity index (χ3n) is 4.80. The van der Waals surface area contributed by atoms with E-state index < -0.39 is 0 Å². The van der Waals surface area contributed by atoms with Gasteiger partial charge >= 0.3 is 6.01 Å². The van der Waals surface area contributed by atoms with Crippen LogP contribution in [0.2, 0.25) is 0 Å². The molecule has 2 N–H and O–H groups in total. The molecule has 0 saturated heterocycles. The Balaban J connectivity index is 1.46. The minimum atomic E-state index is 0.0702. The zero-order valence-corrected chi connectivity index (χ0v) is 16.2. The van der Waals surface area contributed by atoms with Gasteiger partial charge in [-0.3, -0.25) is 4.98 Å². The second kappa shape index (κ2) is 8.56. The number of aromatic nitrogens is 3. The van der Waals surface area contributed by atoms with Crippen molar-refractivity contribution >= 4 is 6.01 Å². The fraction of sp³-hybridized carbons (Fsp3) is 0.174. The molecular formula is C23H22N4O2. The molecule has 6 nitrogen and oxygen atoms in total. The van der Waals surface area contributed by atoms with Gasteiger partial charge in [0.2, 0.25) is 5.89 Å². The molecule has 0 fully saturated rings. The molecule has 4 rings (SSSR count). The van der Waals surface area contributed by atoms with Crippen LogP contribution < -0.4 is 10.5 Å². The lowest BCUT2D eigenvalue weighted by molar-refractivity contribution is 0.301. The number of nitrogens with zero attached hydrogens (tertiary/aromatic N) is 3. The molecule has 2 aromatic heterocycles. The number of nitrogen functional groups attached to an aromatic ring is 1. The molecule has 146 valence electrons. The van der Waals surface area contributed by atoms with E-state index in [1.54, 1.807) is 6.20 Å². The highest BCUT2D eigenvalue weighted by molar-refractivity contribution is 5.54. The maximum absolute atomic E-state index is 5.84. The highest BCUT2D eigenvalue weighted by Gasteiger charge is 2.14. The van der Waals surface area contributed by atoms with E-state index in [0.717, 1.165) is 23.4 Å². The highest BCUT2D eigenvalue weighted by Crippen LogP contribution is 2.31. The van der Waals surface area contributed by atoms with E-state index in [1.807, 2.05) is 42.5 Å². The molecule has 6 heteroatoms. The molecule has 1 unspecified atom stereocenters. The number of hydrogen-bond donors (Lipinski definition) is 1. The number of nitrogens with two attached hydrogens (primary N) is 1. The highest BCUT2D eigenvalue weighted by atomic mass is 16.5. The van der Waals surface area contributed by atoms with E-state index in [1.165, 1.54) is 11.1 Å². The Bertz CT molecular complexity index is 1040. The van der Waals surface area contributed by atoms with Gasteiger partial charge in [0.25, 0.3) is 0 Å². The maximum Gasteiger partial charge on any atom is 0.313 e. The molecular weight excluding hydrogens is 364 g/mol. The second-order valence-corrected chi connectivity index (χ2v) is 6.71. The zero-order chi connectivity index (χ0) is 20.1. The van der Waals surface area contributed by atoms with Gasteiger partial charge in [0.1, 0.15) is 12.4 Å². The summed E-state index contributed by atoms with van der Waals surface area (Å²) in [5, 5.41) is 7.63. The van der Waals surface area contributed by atoms with Crippen LogP contribution in [0.1, 0.15) is 36.1 Å². The number of ether oxygens (including phenoxy) is 1. The van der Waals surface area contributed by atoms with Crippen LogP contribution in [0.5, 0.6) is 5.75 Å². The van der Waals surface area contributed by atoms with E-state index in [2.05, 4.69) is 46.4 Å². The molecule has 0 radical (unpaired) electrons. The maximum atomic E-state index is 5.84. The van der Waals surface area contributed by atoms with Crippen molar-refractivity contribution in [1.82, 2.24) is 15.2 Å². The van der Waals surface area contributed by atoms with Crippen molar-refractivity contribution in [3.8, 4) is 17.2 Å². The quantitative estimate of drug-likeness (QED) is 0.489. The van der Waals surface area contributed by atoms with Gasteiger partial charge in [-0.05, 0) is 53.9 Å². The average Bonchev–Trinajstić information content (AvgIpc) is 3.21. The topological polar surface area (TPSA) is 87.1 Å². The first-order valence-electron chi connectivity index (χ1n) is 9.55. The second-order valence-electron chi connectivity index (χ2n) is 6.71. The van der Waals surface area contributed by atoms with Gasteiger partial charge < -0.3 is 14.9 Å². The first-order chi connectivity index (χ1) is 14.2. The molecule has 0 aliphatic rings. The lowest BCUT2D eigenvalue weighted by Gasteiger charge is -2.17. The van der Waals surface area contributed by atoms with Crippen molar-refractivity contribution in [3.05, 3.63) is 89.7 Å². The fourth-order valence-electron chi connectivity index (χ4n) is 3.31.